The Morgan fingerprint density at radius 2 is 1.63 bits per heavy atom. The van der Waals surface area contributed by atoms with Crippen LogP contribution in [0.15, 0.2) is 16.0 Å². The average Bonchev–Trinajstić information content (AvgIpc) is 2.53. The van der Waals surface area contributed by atoms with Crippen molar-refractivity contribution in [2.24, 2.45) is 4.99 Å². The zero-order valence-electron chi connectivity index (χ0n) is 16.0. The van der Waals surface area contributed by atoms with E-state index >= 15 is 0 Å². The van der Waals surface area contributed by atoms with Crippen molar-refractivity contribution in [2.75, 3.05) is 25.4 Å². The molecular formula is C15H20F7N4O3P. The molecule has 0 bridgehead atoms. The van der Waals surface area contributed by atoms with E-state index in [0.717, 1.165) is 12.8 Å². The quantitative estimate of drug-likeness (QED) is 0.225. The van der Waals surface area contributed by atoms with Gasteiger partial charge in [-0.3, -0.25) is 4.57 Å². The zero-order valence-corrected chi connectivity index (χ0v) is 16.9. The van der Waals surface area contributed by atoms with E-state index in [2.05, 4.69) is 14.6 Å². The molecule has 0 radical (unpaired) electrons. The maximum absolute atomic E-state index is 14.1. The zero-order chi connectivity index (χ0) is 23.2. The van der Waals surface area contributed by atoms with Crippen LogP contribution in [0.25, 0.3) is 0 Å². The lowest BCUT2D eigenvalue weighted by molar-refractivity contribution is -0.115. The number of alkyl halides is 6. The van der Waals surface area contributed by atoms with Crippen molar-refractivity contribution in [3.8, 4) is 0 Å². The second-order valence-corrected chi connectivity index (χ2v) is 8.67. The van der Waals surface area contributed by atoms with E-state index in [4.69, 9.17) is 0 Å². The van der Waals surface area contributed by atoms with Crippen LogP contribution in [0.4, 0.5) is 36.6 Å². The van der Waals surface area contributed by atoms with Crippen molar-refractivity contribution in [2.45, 2.75) is 39.0 Å². The summed E-state index contributed by atoms with van der Waals surface area (Å²) in [5.41, 5.74) is -1.58. The van der Waals surface area contributed by atoms with Crippen LogP contribution in [0, 0.1) is 5.82 Å². The second-order valence-electron chi connectivity index (χ2n) is 6.24. The van der Waals surface area contributed by atoms with Crippen LogP contribution in [-0.4, -0.2) is 58.7 Å². The first kappa shape index (κ1) is 25.9. The molecule has 0 aliphatic carbocycles. The highest BCUT2D eigenvalue weighted by atomic mass is 31.2. The van der Waals surface area contributed by atoms with Gasteiger partial charge < -0.3 is 9.52 Å². The Morgan fingerprint density at radius 3 is 2.07 bits per heavy atom. The molecule has 0 aliphatic heterocycles. The Bertz CT molecular complexity index is 813. The van der Waals surface area contributed by atoms with Crippen LogP contribution in [0.2, 0.25) is 0 Å². The molecule has 15 heteroatoms. The molecule has 1 heterocycles. The molecule has 0 saturated heterocycles. The van der Waals surface area contributed by atoms with Gasteiger partial charge in [0.1, 0.15) is 12.3 Å². The highest BCUT2D eigenvalue weighted by molar-refractivity contribution is 7.59. The van der Waals surface area contributed by atoms with Crippen LogP contribution < -0.4 is 10.3 Å². The molecular weight excluding hydrogens is 448 g/mol. The minimum absolute atomic E-state index is 0.144. The summed E-state index contributed by atoms with van der Waals surface area (Å²) in [5, 5.41) is 0. The first-order valence-electron chi connectivity index (χ1n) is 8.67. The third-order valence-electron chi connectivity index (χ3n) is 3.28. The molecule has 0 atom stereocenters. The van der Waals surface area contributed by atoms with Gasteiger partial charge in [-0.25, -0.2) is 14.2 Å². The summed E-state index contributed by atoms with van der Waals surface area (Å²) in [5.74, 6) is -2.12. The number of nitrogens with zero attached hydrogens (tertiary/aromatic N) is 4. The van der Waals surface area contributed by atoms with Crippen molar-refractivity contribution >= 4 is 19.5 Å². The lowest BCUT2D eigenvalue weighted by Gasteiger charge is -2.21. The molecule has 0 unspecified atom stereocenters. The molecule has 0 spiro atoms. The summed E-state index contributed by atoms with van der Waals surface area (Å²) in [7, 11) is -5.54. The molecule has 0 N–H and O–H groups in total. The smallest absolute Gasteiger partial charge is 0.363 e. The van der Waals surface area contributed by atoms with Crippen molar-refractivity contribution in [3.63, 3.8) is 0 Å². The van der Waals surface area contributed by atoms with Crippen LogP contribution in [-0.2, 0) is 4.57 Å². The predicted molar refractivity (Wildman–Crippen MR) is 94.8 cm³/mol. The number of halogens is 7. The van der Waals surface area contributed by atoms with Crippen LogP contribution in [0.3, 0.4) is 0 Å². The largest absolute Gasteiger partial charge is 0.399 e. The number of hydrogen-bond donors (Lipinski definition) is 0. The highest BCUT2D eigenvalue weighted by Gasteiger charge is 2.48. The summed E-state index contributed by atoms with van der Waals surface area (Å²) < 4.78 is 105. The SMILES string of the molecule is CCCN(C=Nc1nc(=O)n(OP(=O)(CC(F)(F)F)CC(F)(F)F)cc1F)CCC. The number of aromatic nitrogens is 2. The van der Waals surface area contributed by atoms with E-state index in [1.165, 1.54) is 6.34 Å². The first-order chi connectivity index (χ1) is 13.7. The topological polar surface area (TPSA) is 76.8 Å². The normalized spacial score (nSPS) is 13.1. The molecule has 0 amide bonds. The van der Waals surface area contributed by atoms with Crippen LogP contribution in [0.5, 0.6) is 0 Å². The molecule has 0 fully saturated rings. The molecule has 0 aromatic carbocycles. The Kier molecular flexibility index (Phi) is 8.88. The van der Waals surface area contributed by atoms with Gasteiger partial charge in [-0.1, -0.05) is 13.8 Å². The van der Waals surface area contributed by atoms with E-state index in [-0.39, 0.29) is 10.9 Å². The fraction of sp³-hybridized carbons (Fsp3) is 0.667. The third kappa shape index (κ3) is 9.14. The Labute approximate surface area is 167 Å². The molecule has 7 nitrogen and oxygen atoms in total. The maximum Gasteiger partial charge on any atom is 0.399 e. The maximum atomic E-state index is 14.1. The summed E-state index contributed by atoms with van der Waals surface area (Å²) in [4.78, 5) is 20.4. The average molecular weight is 468 g/mol. The van der Waals surface area contributed by atoms with Gasteiger partial charge in [-0.05, 0) is 12.8 Å². The van der Waals surface area contributed by atoms with Crippen LogP contribution in [0.1, 0.15) is 26.7 Å². The van der Waals surface area contributed by atoms with Gasteiger partial charge in [0.05, 0.1) is 12.5 Å². The summed E-state index contributed by atoms with van der Waals surface area (Å²) in [6.07, 6.45) is -12.7. The van der Waals surface area contributed by atoms with Gasteiger partial charge in [0.15, 0.2) is 11.6 Å². The fourth-order valence-corrected chi connectivity index (χ4v) is 4.07. The lowest BCUT2D eigenvalue weighted by atomic mass is 10.4. The summed E-state index contributed by atoms with van der Waals surface area (Å²) in [6, 6.07) is 0. The number of aliphatic imine (C=N–C) groups is 1. The lowest BCUT2D eigenvalue weighted by Crippen LogP contribution is -2.33. The third-order valence-corrected chi connectivity index (χ3v) is 5.43. The fourth-order valence-electron chi connectivity index (χ4n) is 2.32. The van der Waals surface area contributed by atoms with Crippen molar-refractivity contribution in [3.05, 3.63) is 22.5 Å². The first-order valence-corrected chi connectivity index (χ1v) is 10.7. The Morgan fingerprint density at radius 1 is 1.13 bits per heavy atom. The predicted octanol–water partition coefficient (Wildman–Crippen LogP) is 4.00. The molecule has 0 aliphatic rings. The van der Waals surface area contributed by atoms with Gasteiger partial charge in [0.25, 0.3) is 7.37 Å². The van der Waals surface area contributed by atoms with Crippen molar-refractivity contribution < 1.29 is 39.9 Å². The molecule has 0 saturated carbocycles. The van der Waals surface area contributed by atoms with Gasteiger partial charge >= 0.3 is 18.0 Å². The monoisotopic (exact) mass is 468 g/mol. The van der Waals surface area contributed by atoms with Crippen molar-refractivity contribution in [1.82, 2.24) is 14.6 Å². The molecule has 172 valence electrons. The van der Waals surface area contributed by atoms with Crippen molar-refractivity contribution in [1.29, 1.82) is 0 Å². The van der Waals surface area contributed by atoms with E-state index in [9.17, 15) is 40.1 Å². The van der Waals surface area contributed by atoms with E-state index < -0.39 is 49.4 Å². The minimum atomic E-state index is -5.54. The Balaban J connectivity index is 3.20. The summed E-state index contributed by atoms with van der Waals surface area (Å²) in [6.45, 7) is 4.90. The van der Waals surface area contributed by atoms with E-state index in [1.54, 1.807) is 4.90 Å². The van der Waals surface area contributed by atoms with E-state index in [0.29, 0.717) is 13.1 Å². The molecule has 1 aromatic heterocycles. The van der Waals surface area contributed by atoms with Gasteiger partial charge in [-0.2, -0.15) is 31.3 Å². The van der Waals surface area contributed by atoms with Gasteiger partial charge in [0.2, 0.25) is 0 Å². The highest BCUT2D eigenvalue weighted by Crippen LogP contribution is 2.51. The van der Waals surface area contributed by atoms with E-state index in [1.807, 2.05) is 13.8 Å². The summed E-state index contributed by atoms with van der Waals surface area (Å²) >= 11 is 0. The standard InChI is InChI=1S/C15H20F7N4O3P/c1-3-5-25(6-4-2)10-23-12-11(16)7-26(13(27)24-12)29-30(28,8-14(17,18)19)9-15(20,21)22/h7,10H,3-6,8-9H2,1-2H3. The molecule has 1 aromatic rings. The Hall–Kier alpha value is -2.11. The second kappa shape index (κ2) is 10.3. The van der Waals surface area contributed by atoms with Gasteiger partial charge in [-0.15, -0.1) is 4.73 Å². The van der Waals surface area contributed by atoms with Gasteiger partial charge in [0, 0.05) is 13.1 Å². The number of rotatable bonds is 10. The minimum Gasteiger partial charge on any atom is -0.363 e. The molecule has 1 rings (SSSR count). The molecule has 30 heavy (non-hydrogen) atoms. The van der Waals surface area contributed by atoms with Crippen LogP contribution >= 0.6 is 7.37 Å². The number of hydrogen-bond acceptors (Lipinski definition) is 5.